The van der Waals surface area contributed by atoms with Crippen LogP contribution < -0.4 is 22.1 Å². The van der Waals surface area contributed by atoms with Gasteiger partial charge in [-0.2, -0.15) is 0 Å². The highest BCUT2D eigenvalue weighted by Crippen LogP contribution is 2.65. The van der Waals surface area contributed by atoms with Crippen molar-refractivity contribution < 1.29 is 28.6 Å². The number of halogens is 1. The highest BCUT2D eigenvalue weighted by molar-refractivity contribution is 9.09. The number of guanidine groups is 1. The first-order valence-corrected chi connectivity index (χ1v) is 44.1. The van der Waals surface area contributed by atoms with Gasteiger partial charge < -0.3 is 36.3 Å². The van der Waals surface area contributed by atoms with Crippen molar-refractivity contribution in [1.82, 2.24) is 20.4 Å². The molecule has 0 aromatic heterocycles. The van der Waals surface area contributed by atoms with Crippen molar-refractivity contribution in [1.29, 1.82) is 0 Å². The Balaban J connectivity index is 0.000000126. The van der Waals surface area contributed by atoms with Crippen LogP contribution in [0.2, 0.25) is 0 Å². The average Bonchev–Trinajstić information content (AvgIpc) is 1.55. The van der Waals surface area contributed by atoms with Crippen molar-refractivity contribution >= 4 is 73.9 Å². The van der Waals surface area contributed by atoms with Gasteiger partial charge in [-0.3, -0.25) is 24.2 Å². The van der Waals surface area contributed by atoms with Crippen molar-refractivity contribution in [3.05, 3.63) is 105 Å². The molecule has 13 aliphatic carbocycles. The number of thiocarbonyl (C=S) groups is 1. The van der Waals surface area contributed by atoms with Gasteiger partial charge >= 0.3 is 0 Å². The number of alkyl halides is 1. The Hall–Kier alpha value is -4.23. The Kier molecular flexibility index (Phi) is 24.1. The van der Waals surface area contributed by atoms with Crippen LogP contribution in [0.25, 0.3) is 0 Å². The fraction of sp³-hybridized carbons (Fsp3) is 0.727. The van der Waals surface area contributed by atoms with Gasteiger partial charge in [0.05, 0.1) is 18.3 Å². The number of thioether (sulfide) groups is 1. The van der Waals surface area contributed by atoms with E-state index >= 15 is 0 Å². The van der Waals surface area contributed by atoms with Gasteiger partial charge in [-0.1, -0.05) is 154 Å². The van der Waals surface area contributed by atoms with Crippen LogP contribution in [0.1, 0.15) is 269 Å². The molecule has 3 aliphatic heterocycles. The zero-order valence-corrected chi connectivity index (χ0v) is 66.7. The third-order valence-corrected chi connectivity index (χ3v) is 31.7. The molecule has 10 saturated carbocycles. The molecule has 3 amide bonds. The number of carbonyl (C=O) groups is 3. The Labute approximate surface area is 647 Å². The summed E-state index contributed by atoms with van der Waals surface area (Å²) in [6, 6.07) is 20.9. The van der Waals surface area contributed by atoms with E-state index in [1.807, 2.05) is 30.9 Å². The lowest BCUT2D eigenvalue weighted by Gasteiger charge is -2.46. The summed E-state index contributed by atoms with van der Waals surface area (Å²) >= 11 is 10.7. The number of carbonyl (C=O) groups excluding carboxylic acids is 3. The maximum Gasteiger partial charge on any atom is 0.262 e. The topological polar surface area (TPSA) is 186 Å². The first-order chi connectivity index (χ1) is 50.6. The predicted molar refractivity (Wildman–Crippen MR) is 433 cm³/mol. The van der Waals surface area contributed by atoms with Crippen LogP contribution in [0.4, 0.5) is 0 Å². The van der Waals surface area contributed by atoms with Gasteiger partial charge in [0, 0.05) is 61.7 Å². The Bertz CT molecular complexity index is 3660. The second-order valence-corrected chi connectivity index (χ2v) is 37.6. The molecule has 3 unspecified atom stereocenters. The Morgan fingerprint density at radius 3 is 1.26 bits per heavy atom. The second-order valence-electron chi connectivity index (χ2n) is 35.5. The highest BCUT2D eigenvalue weighted by atomic mass is 79.9. The van der Waals surface area contributed by atoms with Crippen molar-refractivity contribution in [3.8, 4) is 0 Å². The van der Waals surface area contributed by atoms with Gasteiger partial charge in [0.25, 0.3) is 17.7 Å². The number of aryl methyl sites for hydroxylation is 3. The van der Waals surface area contributed by atoms with E-state index in [0.717, 1.165) is 175 Å². The number of nitrogens with two attached hydrogens (primary N) is 2. The fourth-order valence-electron chi connectivity index (χ4n) is 21.2. The monoisotopic (exact) mass is 1530 g/mol. The summed E-state index contributed by atoms with van der Waals surface area (Å²) in [6.07, 6.45) is 47.3. The van der Waals surface area contributed by atoms with Crippen molar-refractivity contribution in [2.75, 3.05) is 52.5 Å². The van der Waals surface area contributed by atoms with Crippen LogP contribution in [-0.4, -0.2) is 115 Å². The molecule has 0 radical (unpaired) electrons. The van der Waals surface area contributed by atoms with E-state index in [9.17, 15) is 14.4 Å². The SMILES string of the molecule is BrCC1CCC1.C.CN.COC1CCC2(CC1)Cc1ccc(CCC3CC3)cc1C21N=C(N)N(CC2CCC2)C1=O.COC1CCC2(CC1)Cc1ccc(CCC3CC3)cc1C21N=C(SCC2CCC2)N(CC2CCC2)C1=O.COC1CCC2(CC1)Cc1ccc(CCC3CC3)cc1C21NC(=S)NC1=O. The minimum absolute atomic E-state index is 0. The van der Waals surface area contributed by atoms with E-state index in [-0.39, 0.29) is 35.5 Å². The minimum atomic E-state index is -0.829. The number of ether oxygens (including phenoxy) is 3. The van der Waals surface area contributed by atoms with Crippen LogP contribution >= 0.6 is 39.9 Å². The van der Waals surface area contributed by atoms with Gasteiger partial charge in [-0.15, -0.1) is 0 Å². The molecule has 3 atom stereocenters. The van der Waals surface area contributed by atoms with Crippen molar-refractivity contribution in [3.63, 3.8) is 0 Å². The number of hydrogen-bond acceptors (Lipinski definition) is 12. The lowest BCUT2D eigenvalue weighted by Crippen LogP contribution is -2.56. The van der Waals surface area contributed by atoms with Crippen LogP contribution in [0, 0.1) is 57.7 Å². The van der Waals surface area contributed by atoms with Gasteiger partial charge in [-0.25, -0.2) is 9.98 Å². The van der Waals surface area contributed by atoms with Crippen molar-refractivity contribution in [2.24, 2.45) is 79.1 Å². The molecule has 105 heavy (non-hydrogen) atoms. The number of hydrogen-bond donors (Lipinski definition) is 4. The van der Waals surface area contributed by atoms with E-state index in [2.05, 4.69) is 91.8 Å². The number of amidine groups is 1. The largest absolute Gasteiger partial charge is 0.381 e. The zero-order chi connectivity index (χ0) is 72.0. The quantitative estimate of drug-likeness (QED) is 0.0661. The summed E-state index contributed by atoms with van der Waals surface area (Å²) in [5.74, 6) is 7.90. The van der Waals surface area contributed by atoms with Gasteiger partial charge in [0.2, 0.25) is 0 Å². The Morgan fingerprint density at radius 2 is 0.886 bits per heavy atom. The van der Waals surface area contributed by atoms with Gasteiger partial charge in [-0.05, 0) is 297 Å². The molecular formula is C88H127BrN8O6S2. The molecule has 0 bridgehead atoms. The summed E-state index contributed by atoms with van der Waals surface area (Å²) in [5.41, 5.74) is 20.1. The molecule has 6 spiro atoms. The lowest BCUT2D eigenvalue weighted by molar-refractivity contribution is -0.139. The van der Waals surface area contributed by atoms with Crippen molar-refractivity contribution in [2.45, 2.75) is 293 Å². The number of methoxy groups -OCH3 is 3. The first-order valence-electron chi connectivity index (χ1n) is 41.6. The molecule has 3 aromatic carbocycles. The van der Waals surface area contributed by atoms with Crippen LogP contribution in [0.5, 0.6) is 0 Å². The molecule has 19 rings (SSSR count). The average molecular weight is 1540 g/mol. The summed E-state index contributed by atoms with van der Waals surface area (Å²) in [4.78, 5) is 57.3. The Morgan fingerprint density at radius 1 is 0.505 bits per heavy atom. The number of benzene rings is 3. The molecule has 1 saturated heterocycles. The normalized spacial score (nSPS) is 32.6. The molecule has 574 valence electrons. The van der Waals surface area contributed by atoms with Crippen LogP contribution in [0.15, 0.2) is 64.6 Å². The smallest absolute Gasteiger partial charge is 0.262 e. The molecule has 11 fully saturated rings. The zero-order valence-electron chi connectivity index (χ0n) is 63.5. The van der Waals surface area contributed by atoms with Crippen LogP contribution in [-0.2, 0) is 83.7 Å². The second kappa shape index (κ2) is 32.6. The molecule has 3 aromatic rings. The molecular weight excluding hydrogens is 1410 g/mol. The summed E-state index contributed by atoms with van der Waals surface area (Å²) in [6.45, 7) is 1.62. The molecule has 3 heterocycles. The van der Waals surface area contributed by atoms with E-state index in [1.165, 1.54) is 192 Å². The molecule has 16 aliphatic rings. The number of nitrogens with zero attached hydrogens (tertiary/aromatic N) is 4. The third-order valence-electron chi connectivity index (χ3n) is 29.4. The standard InChI is InChI=1S/C32H44N2O2S.C27H37N3O2.C22H28N2O2S.C5H9Br.CH5N.CH4/c1-36-27-14-16-31(17-15-27)19-26-13-12-23(11-10-22-8-9-22)18-28(26)32(31)29(35)34(20-24-4-2-5-24)30(33-32)37-21-25-6-3-7-25;1-32-22-11-13-26(14-12-22)16-21-10-9-19(8-7-18-5-6-18)15-23(21)27(26)24(31)30(25(28)29-27)17-20-3-2-4-20;1-26-17-8-10-21(11-9-17)13-16-7-6-15(5-4-14-2-3-14)12-18(16)22(21)19(25)23-20(27)24-22;6-4-5-2-1-3-5;1-2;/h12-13,18,22,24-25,27H,2-11,14-17,19-21H2,1H3;9-10,15,18,20,22H,2-8,11-14,16-17H2,1H3,(H2,28,29);6-7,12,14,17H,2-5,8-11,13H2,1H3,(H2,23,24,25,27);5H,1-4H2;2H2,1H3;1H4. The van der Waals surface area contributed by atoms with Crippen LogP contribution in [0.3, 0.4) is 0 Å². The van der Waals surface area contributed by atoms with E-state index in [1.54, 1.807) is 7.11 Å². The fourth-order valence-corrected chi connectivity index (χ4v) is 23.4. The van der Waals surface area contributed by atoms with Gasteiger partial charge in [0.1, 0.15) is 0 Å². The lowest BCUT2D eigenvalue weighted by atomic mass is 9.61. The maximum atomic E-state index is 14.9. The van der Waals surface area contributed by atoms with E-state index in [4.69, 9.17) is 42.1 Å². The molecule has 17 heteroatoms. The van der Waals surface area contributed by atoms with E-state index < -0.39 is 16.6 Å². The van der Waals surface area contributed by atoms with E-state index in [0.29, 0.717) is 47.1 Å². The minimum Gasteiger partial charge on any atom is -0.381 e. The summed E-state index contributed by atoms with van der Waals surface area (Å²) in [5, 5.41) is 9.13. The number of rotatable bonds is 19. The summed E-state index contributed by atoms with van der Waals surface area (Å²) < 4.78 is 17.1. The predicted octanol–water partition coefficient (Wildman–Crippen LogP) is 17.0. The molecule has 14 nitrogen and oxygen atoms in total. The summed E-state index contributed by atoms with van der Waals surface area (Å²) in [7, 11) is 6.96. The number of aliphatic imine (C=N–C) groups is 2. The number of amides is 3. The maximum absolute atomic E-state index is 14.9. The third kappa shape index (κ3) is 14.9. The van der Waals surface area contributed by atoms with Gasteiger partial charge in [0.15, 0.2) is 32.9 Å². The number of fused-ring (bicyclic) bond motifs is 9. The number of nitrogens with one attached hydrogen (secondary N) is 2. The highest BCUT2D eigenvalue weighted by Gasteiger charge is 2.70. The molecule has 6 N–H and O–H groups in total. The first kappa shape index (κ1) is 77.5.